The zero-order valence-electron chi connectivity index (χ0n) is 13.6. The highest BCUT2D eigenvalue weighted by Crippen LogP contribution is 2.26. The molecular formula is C17H21N3O3S. The summed E-state index contributed by atoms with van der Waals surface area (Å²) >= 11 is 1.76. The lowest BCUT2D eigenvalue weighted by atomic mass is 10.0. The molecule has 24 heavy (non-hydrogen) atoms. The van der Waals surface area contributed by atoms with Gasteiger partial charge in [-0.1, -0.05) is 0 Å². The Hall–Kier alpha value is -2.15. The molecule has 0 saturated heterocycles. The highest BCUT2D eigenvalue weighted by molar-refractivity contribution is 7.11. The minimum atomic E-state index is -0.618. The van der Waals surface area contributed by atoms with Crippen molar-refractivity contribution in [1.82, 2.24) is 15.6 Å². The van der Waals surface area contributed by atoms with Gasteiger partial charge in [0.1, 0.15) is 6.04 Å². The van der Waals surface area contributed by atoms with Crippen molar-refractivity contribution >= 4 is 23.2 Å². The summed E-state index contributed by atoms with van der Waals surface area (Å²) in [6.07, 6.45) is 6.83. The Bertz CT molecular complexity index is 685. The lowest BCUT2D eigenvalue weighted by molar-refractivity contribution is -0.122. The Labute approximate surface area is 144 Å². The van der Waals surface area contributed by atoms with Crippen LogP contribution in [0.3, 0.4) is 0 Å². The van der Waals surface area contributed by atoms with Crippen molar-refractivity contribution in [3.63, 3.8) is 0 Å². The van der Waals surface area contributed by atoms with Crippen LogP contribution >= 0.6 is 11.3 Å². The van der Waals surface area contributed by atoms with Crippen LogP contribution in [0.15, 0.2) is 22.8 Å². The van der Waals surface area contributed by atoms with Crippen LogP contribution in [0.2, 0.25) is 0 Å². The monoisotopic (exact) mass is 347 g/mol. The van der Waals surface area contributed by atoms with E-state index in [1.165, 1.54) is 29.7 Å². The molecule has 1 unspecified atom stereocenters. The highest BCUT2D eigenvalue weighted by Gasteiger charge is 2.18. The third kappa shape index (κ3) is 4.03. The van der Waals surface area contributed by atoms with Gasteiger partial charge >= 0.3 is 0 Å². The molecule has 2 aromatic heterocycles. The van der Waals surface area contributed by atoms with Crippen molar-refractivity contribution in [2.24, 2.45) is 0 Å². The smallest absolute Gasteiger partial charge is 0.287 e. The molecule has 6 nitrogen and oxygen atoms in total. The van der Waals surface area contributed by atoms with Gasteiger partial charge in [-0.25, -0.2) is 4.98 Å². The molecule has 2 amide bonds. The topological polar surface area (TPSA) is 84.2 Å². The van der Waals surface area contributed by atoms with Crippen molar-refractivity contribution in [3.8, 4) is 0 Å². The average molecular weight is 347 g/mol. The van der Waals surface area contributed by atoms with E-state index in [9.17, 15) is 9.59 Å². The van der Waals surface area contributed by atoms with Crippen LogP contribution in [0.1, 0.15) is 45.9 Å². The summed E-state index contributed by atoms with van der Waals surface area (Å²) in [6.45, 7) is 2.17. The number of amides is 2. The molecule has 2 N–H and O–H groups in total. The number of carbonyl (C=O) groups excluding carboxylic acids is 2. The third-order valence-electron chi connectivity index (χ3n) is 4.01. The van der Waals surface area contributed by atoms with E-state index in [1.54, 1.807) is 30.4 Å². The maximum Gasteiger partial charge on any atom is 0.287 e. The summed E-state index contributed by atoms with van der Waals surface area (Å²) in [7, 11) is 0. The first-order valence-electron chi connectivity index (χ1n) is 8.23. The van der Waals surface area contributed by atoms with Crippen LogP contribution in [-0.4, -0.2) is 29.4 Å². The van der Waals surface area contributed by atoms with E-state index in [4.69, 9.17) is 4.42 Å². The lowest BCUT2D eigenvalue weighted by Crippen LogP contribution is -2.45. The second kappa shape index (κ2) is 7.61. The fourth-order valence-electron chi connectivity index (χ4n) is 2.70. The molecule has 1 aliphatic rings. The number of aryl methyl sites for hydroxylation is 2. The summed E-state index contributed by atoms with van der Waals surface area (Å²) in [5, 5.41) is 6.54. The Kier molecular flexibility index (Phi) is 5.30. The first kappa shape index (κ1) is 16.7. The molecule has 1 atom stereocenters. The summed E-state index contributed by atoms with van der Waals surface area (Å²) in [4.78, 5) is 30.0. The summed E-state index contributed by atoms with van der Waals surface area (Å²) < 4.78 is 5.00. The summed E-state index contributed by atoms with van der Waals surface area (Å²) in [5.74, 6) is -0.408. The first-order valence-corrected chi connectivity index (χ1v) is 9.04. The van der Waals surface area contributed by atoms with E-state index in [0.29, 0.717) is 6.54 Å². The molecule has 128 valence electrons. The van der Waals surface area contributed by atoms with Gasteiger partial charge < -0.3 is 15.1 Å². The van der Waals surface area contributed by atoms with Crippen LogP contribution in [0.4, 0.5) is 0 Å². The van der Waals surface area contributed by atoms with Gasteiger partial charge in [0.15, 0.2) is 5.76 Å². The predicted octanol–water partition coefficient (Wildman–Crippen LogP) is 2.09. The predicted molar refractivity (Wildman–Crippen MR) is 91.1 cm³/mol. The quantitative estimate of drug-likeness (QED) is 0.838. The first-order chi connectivity index (χ1) is 11.6. The van der Waals surface area contributed by atoms with Crippen LogP contribution in [-0.2, 0) is 24.1 Å². The molecular weight excluding hydrogens is 326 g/mol. The molecule has 0 bridgehead atoms. The number of thiazole rings is 1. The largest absolute Gasteiger partial charge is 0.459 e. The Balaban J connectivity index is 1.43. The van der Waals surface area contributed by atoms with E-state index >= 15 is 0 Å². The minimum Gasteiger partial charge on any atom is -0.459 e. The number of fused-ring (bicyclic) bond motifs is 1. The van der Waals surface area contributed by atoms with Crippen molar-refractivity contribution in [2.45, 2.75) is 45.1 Å². The Morgan fingerprint density at radius 1 is 1.38 bits per heavy atom. The zero-order valence-corrected chi connectivity index (χ0v) is 14.4. The molecule has 2 heterocycles. The number of rotatable bonds is 6. The van der Waals surface area contributed by atoms with Gasteiger partial charge in [-0.05, 0) is 44.7 Å². The van der Waals surface area contributed by atoms with E-state index < -0.39 is 11.9 Å². The van der Waals surface area contributed by atoms with Crippen molar-refractivity contribution in [1.29, 1.82) is 0 Å². The lowest BCUT2D eigenvalue weighted by Gasteiger charge is -2.12. The van der Waals surface area contributed by atoms with Crippen molar-refractivity contribution in [3.05, 3.63) is 39.7 Å². The second-order valence-corrected chi connectivity index (χ2v) is 7.07. The number of hydrogen-bond donors (Lipinski definition) is 2. The third-order valence-corrected chi connectivity index (χ3v) is 5.23. The summed E-state index contributed by atoms with van der Waals surface area (Å²) in [6, 6.07) is 2.57. The van der Waals surface area contributed by atoms with Crippen LogP contribution in [0.5, 0.6) is 0 Å². The second-order valence-electron chi connectivity index (χ2n) is 5.90. The van der Waals surface area contributed by atoms with Gasteiger partial charge in [-0.15, -0.1) is 11.3 Å². The average Bonchev–Trinajstić information content (AvgIpc) is 3.23. The van der Waals surface area contributed by atoms with Gasteiger partial charge in [0.2, 0.25) is 5.91 Å². The van der Waals surface area contributed by atoms with Crippen LogP contribution in [0, 0.1) is 0 Å². The molecule has 1 aliphatic carbocycles. The standard InChI is InChI=1S/C17H21N3O3S/c1-11(19-17(22)13-6-4-10-23-13)16(21)18-9-8-15-20-12-5-2-3-7-14(12)24-15/h4,6,10-11H,2-3,5,7-9H2,1H3,(H,18,21)(H,19,22). The molecule has 0 saturated carbocycles. The van der Waals surface area contributed by atoms with Crippen LogP contribution < -0.4 is 10.6 Å². The molecule has 0 fully saturated rings. The molecule has 0 radical (unpaired) electrons. The van der Waals surface area contributed by atoms with Crippen LogP contribution in [0.25, 0.3) is 0 Å². The van der Waals surface area contributed by atoms with E-state index in [1.807, 2.05) is 0 Å². The molecule has 0 aliphatic heterocycles. The molecule has 3 rings (SSSR count). The van der Waals surface area contributed by atoms with Crippen molar-refractivity contribution < 1.29 is 14.0 Å². The molecule has 0 spiro atoms. The maximum absolute atomic E-state index is 12.1. The normalized spacial score (nSPS) is 14.7. The molecule has 7 heteroatoms. The van der Waals surface area contributed by atoms with Gasteiger partial charge in [0.25, 0.3) is 5.91 Å². The van der Waals surface area contributed by atoms with E-state index in [0.717, 1.165) is 24.3 Å². The number of carbonyl (C=O) groups is 2. The molecule has 0 aromatic carbocycles. The number of nitrogens with zero attached hydrogens (tertiary/aromatic N) is 1. The number of furan rings is 1. The van der Waals surface area contributed by atoms with Gasteiger partial charge in [0, 0.05) is 17.8 Å². The number of nitrogens with one attached hydrogen (secondary N) is 2. The van der Waals surface area contributed by atoms with E-state index in [-0.39, 0.29) is 11.7 Å². The molecule has 2 aromatic rings. The highest BCUT2D eigenvalue weighted by atomic mass is 32.1. The van der Waals surface area contributed by atoms with E-state index in [2.05, 4.69) is 15.6 Å². The Morgan fingerprint density at radius 2 is 2.21 bits per heavy atom. The summed E-state index contributed by atoms with van der Waals surface area (Å²) in [5.41, 5.74) is 1.24. The Morgan fingerprint density at radius 3 is 2.96 bits per heavy atom. The SMILES string of the molecule is CC(NC(=O)c1ccco1)C(=O)NCCc1nc2c(s1)CCCC2. The fraction of sp³-hybridized carbons (Fsp3) is 0.471. The zero-order chi connectivity index (χ0) is 16.9. The number of aromatic nitrogens is 1. The maximum atomic E-state index is 12.1. The van der Waals surface area contributed by atoms with Crippen molar-refractivity contribution in [2.75, 3.05) is 6.54 Å². The van der Waals surface area contributed by atoms with Gasteiger partial charge in [-0.3, -0.25) is 9.59 Å². The van der Waals surface area contributed by atoms with Gasteiger partial charge in [-0.2, -0.15) is 0 Å². The minimum absolute atomic E-state index is 0.197. The van der Waals surface area contributed by atoms with Gasteiger partial charge in [0.05, 0.1) is 17.0 Å². The number of hydrogen-bond acceptors (Lipinski definition) is 5. The fourth-order valence-corrected chi connectivity index (χ4v) is 3.86.